The number of hydrogen-bond donors (Lipinski definition) is 6. The summed E-state index contributed by atoms with van der Waals surface area (Å²) >= 11 is 5.51. The third-order valence-corrected chi connectivity index (χ3v) is 4.19. The number of nitrogens with two attached hydrogens (primary N) is 1. The Bertz CT molecular complexity index is 527. The van der Waals surface area contributed by atoms with E-state index >= 15 is 0 Å². The number of hydrogen-bond acceptors (Lipinski definition) is 4. The lowest BCUT2D eigenvalue weighted by Gasteiger charge is -2.26. The molecule has 9 nitrogen and oxygen atoms in total. The largest absolute Gasteiger partial charge is 0.370 e. The Hall–Kier alpha value is -2.03. The summed E-state index contributed by atoms with van der Waals surface area (Å²) < 4.78 is 0. The molecular weight excluding hydrogens is 384 g/mol. The van der Waals surface area contributed by atoms with Crippen molar-refractivity contribution in [3.63, 3.8) is 0 Å². The first kappa shape index (κ1) is 26.0. The highest BCUT2D eigenvalue weighted by Gasteiger charge is 2.28. The minimum Gasteiger partial charge on any atom is -0.370 e. The summed E-state index contributed by atoms with van der Waals surface area (Å²) in [6.07, 6.45) is 1.95. The van der Waals surface area contributed by atoms with Crippen molar-refractivity contribution in [2.45, 2.75) is 59.0 Å². The van der Waals surface area contributed by atoms with Crippen molar-refractivity contribution in [1.82, 2.24) is 21.3 Å². The van der Waals surface area contributed by atoms with E-state index in [0.717, 1.165) is 12.8 Å². The molecule has 0 spiro atoms. The molecule has 0 aromatic carbocycles. The Labute approximate surface area is 172 Å². The van der Waals surface area contributed by atoms with Crippen LogP contribution in [0.25, 0.3) is 0 Å². The molecule has 0 bridgehead atoms. The number of amides is 3. The van der Waals surface area contributed by atoms with Gasteiger partial charge in [-0.1, -0.05) is 27.7 Å². The van der Waals surface area contributed by atoms with Crippen LogP contribution in [-0.4, -0.2) is 54.7 Å². The molecule has 0 aliphatic heterocycles. The van der Waals surface area contributed by atoms with E-state index in [2.05, 4.69) is 21.3 Å². The highest BCUT2D eigenvalue weighted by molar-refractivity contribution is 6.27. The van der Waals surface area contributed by atoms with Gasteiger partial charge in [-0.05, 0) is 31.1 Å². The van der Waals surface area contributed by atoms with Crippen LogP contribution in [0, 0.1) is 17.2 Å². The molecule has 10 heteroatoms. The Kier molecular flexibility index (Phi) is 13.0. The summed E-state index contributed by atoms with van der Waals surface area (Å²) in [4.78, 5) is 36.7. The molecule has 0 saturated heterocycles. The fourth-order valence-corrected chi connectivity index (χ4v) is 2.60. The third kappa shape index (κ3) is 11.6. The molecule has 162 valence electrons. The van der Waals surface area contributed by atoms with Crippen LogP contribution >= 0.6 is 11.6 Å². The van der Waals surface area contributed by atoms with Crippen molar-refractivity contribution in [3.8, 4) is 0 Å². The molecule has 2 atom stereocenters. The predicted molar refractivity (Wildman–Crippen MR) is 111 cm³/mol. The van der Waals surface area contributed by atoms with Gasteiger partial charge in [0.2, 0.25) is 17.7 Å². The van der Waals surface area contributed by atoms with Crippen molar-refractivity contribution in [2.24, 2.45) is 17.6 Å². The first-order valence-electron chi connectivity index (χ1n) is 9.59. The second-order valence-electron chi connectivity index (χ2n) is 7.45. The summed E-state index contributed by atoms with van der Waals surface area (Å²) in [6.45, 7) is 8.58. The molecule has 0 saturated carbocycles. The smallest absolute Gasteiger partial charge is 0.243 e. The monoisotopic (exact) mass is 418 g/mol. The predicted octanol–water partition coefficient (Wildman–Crippen LogP) is 0.276. The van der Waals surface area contributed by atoms with E-state index in [-0.39, 0.29) is 29.6 Å². The zero-order valence-corrected chi connectivity index (χ0v) is 18.0. The van der Waals surface area contributed by atoms with Gasteiger partial charge in [0.1, 0.15) is 18.0 Å². The van der Waals surface area contributed by atoms with Crippen LogP contribution in [0.2, 0.25) is 0 Å². The number of unbranched alkanes of at least 4 members (excludes halogenated alkanes) is 1. The number of rotatable bonds is 13. The van der Waals surface area contributed by atoms with Gasteiger partial charge in [-0.15, -0.1) is 11.6 Å². The summed E-state index contributed by atoms with van der Waals surface area (Å²) in [5, 5.41) is 17.9. The van der Waals surface area contributed by atoms with Gasteiger partial charge >= 0.3 is 0 Å². The summed E-state index contributed by atoms with van der Waals surface area (Å²) in [6, 6.07) is -1.44. The van der Waals surface area contributed by atoms with Gasteiger partial charge in [0.15, 0.2) is 5.96 Å². The molecule has 3 amide bonds. The second-order valence-corrected chi connectivity index (χ2v) is 7.72. The standard InChI is InChI=1S/C18H35ClN6O3/c1-11(2)9-13(16(27)22-7-5-6-8-23-18(20)21)24-17(28)15(12(3)4)25-14(26)10-19/h11-13,15H,5-10H2,1-4H3,(H,22,27)(H,24,28)(H,25,26)(H4,20,21,23). The van der Waals surface area contributed by atoms with E-state index in [9.17, 15) is 14.4 Å². The van der Waals surface area contributed by atoms with Crippen LogP contribution in [0.5, 0.6) is 0 Å². The molecule has 7 N–H and O–H groups in total. The third-order valence-electron chi connectivity index (χ3n) is 3.95. The Morgan fingerprint density at radius 3 is 2.00 bits per heavy atom. The molecule has 28 heavy (non-hydrogen) atoms. The molecule has 0 rings (SSSR count). The quantitative estimate of drug-likeness (QED) is 0.110. The number of halogens is 1. The minimum absolute atomic E-state index is 0.0790. The number of alkyl halides is 1. The molecular formula is C18H35ClN6O3. The van der Waals surface area contributed by atoms with Crippen LogP contribution in [-0.2, 0) is 14.4 Å². The first-order chi connectivity index (χ1) is 13.1. The van der Waals surface area contributed by atoms with Gasteiger partial charge in [0, 0.05) is 13.1 Å². The number of carbonyl (C=O) groups is 3. The molecule has 2 unspecified atom stereocenters. The van der Waals surface area contributed by atoms with E-state index in [4.69, 9.17) is 22.7 Å². The normalized spacial score (nSPS) is 13.0. The lowest BCUT2D eigenvalue weighted by atomic mass is 10.00. The Morgan fingerprint density at radius 1 is 0.964 bits per heavy atom. The highest BCUT2D eigenvalue weighted by Crippen LogP contribution is 2.08. The van der Waals surface area contributed by atoms with Gasteiger partial charge in [-0.3, -0.25) is 19.8 Å². The number of guanidine groups is 1. The zero-order chi connectivity index (χ0) is 21.7. The molecule has 0 aromatic heterocycles. The van der Waals surface area contributed by atoms with E-state index < -0.39 is 23.9 Å². The van der Waals surface area contributed by atoms with Crippen LogP contribution in [0.4, 0.5) is 0 Å². The second kappa shape index (κ2) is 14.0. The van der Waals surface area contributed by atoms with Gasteiger partial charge < -0.3 is 27.0 Å². The van der Waals surface area contributed by atoms with Crippen LogP contribution in [0.3, 0.4) is 0 Å². The van der Waals surface area contributed by atoms with Crippen molar-refractivity contribution < 1.29 is 14.4 Å². The van der Waals surface area contributed by atoms with Gasteiger partial charge in [-0.25, -0.2) is 0 Å². The lowest BCUT2D eigenvalue weighted by molar-refractivity contribution is -0.132. The van der Waals surface area contributed by atoms with E-state index in [1.54, 1.807) is 0 Å². The van der Waals surface area contributed by atoms with Crippen molar-refractivity contribution in [1.29, 1.82) is 5.41 Å². The summed E-state index contributed by atoms with van der Waals surface area (Å²) in [5.41, 5.74) is 5.20. The Balaban J connectivity index is 4.73. The van der Waals surface area contributed by atoms with E-state index in [1.807, 2.05) is 27.7 Å². The Morgan fingerprint density at radius 2 is 1.54 bits per heavy atom. The van der Waals surface area contributed by atoms with Gasteiger partial charge in [-0.2, -0.15) is 0 Å². The van der Waals surface area contributed by atoms with Crippen LogP contribution < -0.4 is 27.0 Å². The maximum atomic E-state index is 12.6. The molecule has 0 aliphatic rings. The highest BCUT2D eigenvalue weighted by atomic mass is 35.5. The summed E-state index contributed by atoms with van der Waals surface area (Å²) in [7, 11) is 0. The fraction of sp³-hybridized carbons (Fsp3) is 0.778. The lowest BCUT2D eigenvalue weighted by Crippen LogP contribution is -2.55. The molecule has 0 aromatic rings. The van der Waals surface area contributed by atoms with Crippen molar-refractivity contribution >= 4 is 35.3 Å². The minimum atomic E-state index is -0.758. The van der Waals surface area contributed by atoms with Crippen molar-refractivity contribution in [3.05, 3.63) is 0 Å². The van der Waals surface area contributed by atoms with Gasteiger partial charge in [0.05, 0.1) is 0 Å². The van der Waals surface area contributed by atoms with Crippen LogP contribution in [0.1, 0.15) is 47.0 Å². The number of carbonyl (C=O) groups excluding carboxylic acids is 3. The SMILES string of the molecule is CC(C)CC(NC(=O)C(NC(=O)CCl)C(C)C)C(=O)NCCCCNC(=N)N. The van der Waals surface area contributed by atoms with Gasteiger partial charge in [0.25, 0.3) is 0 Å². The fourth-order valence-electron chi connectivity index (χ4n) is 2.52. The van der Waals surface area contributed by atoms with E-state index in [0.29, 0.717) is 19.5 Å². The summed E-state index contributed by atoms with van der Waals surface area (Å²) in [5.74, 6) is -1.35. The average Bonchev–Trinajstić information content (AvgIpc) is 2.60. The maximum absolute atomic E-state index is 12.6. The van der Waals surface area contributed by atoms with Crippen molar-refractivity contribution in [2.75, 3.05) is 19.0 Å². The number of nitrogens with one attached hydrogen (secondary N) is 5. The molecule has 0 heterocycles. The maximum Gasteiger partial charge on any atom is 0.243 e. The molecule has 0 aliphatic carbocycles. The molecule has 0 fully saturated rings. The molecule has 0 radical (unpaired) electrons. The average molecular weight is 419 g/mol. The van der Waals surface area contributed by atoms with E-state index in [1.165, 1.54) is 0 Å². The first-order valence-corrected chi connectivity index (χ1v) is 10.1. The van der Waals surface area contributed by atoms with Crippen LogP contribution in [0.15, 0.2) is 0 Å². The topological polar surface area (TPSA) is 149 Å². The zero-order valence-electron chi connectivity index (χ0n) is 17.2.